The predicted molar refractivity (Wildman–Crippen MR) is 165 cm³/mol. The number of carbonyl (C=O) groups excluding carboxylic acids is 3. The standard InChI is InChI=1S/C35H46N2O10/c1-17-21(36(4)5)10-12-23(43-17)19-8-9-20-27(28(19)39)30(41)33-25(45-33)15-32(46-26-13-11-22(37(6)7)18(2)44-26)16-31(3,42)14-24(38)34(32)35(33,47-34)29(20)40/h8-9,17-18,21-23,25-26,39,42H,10-16H2,1-7H3. The Labute approximate surface area is 274 Å². The zero-order valence-electron chi connectivity index (χ0n) is 28.2. The summed E-state index contributed by atoms with van der Waals surface area (Å²) in [4.78, 5) is 47.8. The zero-order chi connectivity index (χ0) is 33.6. The molecule has 47 heavy (non-hydrogen) atoms. The normalized spacial score (nSPS) is 48.4. The van der Waals surface area contributed by atoms with Gasteiger partial charge in [-0.3, -0.25) is 14.4 Å². The number of fused-ring (bicyclic) bond motifs is 1. The molecule has 1 aromatic carbocycles. The molecule has 4 aliphatic heterocycles. The van der Waals surface area contributed by atoms with Crippen LogP contribution >= 0.6 is 0 Å². The van der Waals surface area contributed by atoms with Crippen molar-refractivity contribution in [1.82, 2.24) is 9.80 Å². The van der Waals surface area contributed by atoms with Crippen LogP contribution < -0.4 is 0 Å². The lowest BCUT2D eigenvalue weighted by molar-refractivity contribution is -0.283. The monoisotopic (exact) mass is 654 g/mol. The molecule has 3 spiro atoms. The van der Waals surface area contributed by atoms with Gasteiger partial charge in [0.2, 0.25) is 17.2 Å². The number of benzene rings is 1. The highest BCUT2D eigenvalue weighted by Crippen LogP contribution is 2.79. The largest absolute Gasteiger partial charge is 0.507 e. The van der Waals surface area contributed by atoms with Gasteiger partial charge in [-0.05, 0) is 80.7 Å². The van der Waals surface area contributed by atoms with Crippen LogP contribution in [0.15, 0.2) is 12.1 Å². The van der Waals surface area contributed by atoms with E-state index in [4.69, 9.17) is 23.7 Å². The topological polar surface area (TPSA) is 151 Å². The number of epoxide rings is 2. The Balaban J connectivity index is 1.18. The molecule has 12 atom stereocenters. The van der Waals surface area contributed by atoms with E-state index in [1.807, 2.05) is 42.0 Å². The van der Waals surface area contributed by atoms with Crippen molar-refractivity contribution < 1.29 is 48.3 Å². The van der Waals surface area contributed by atoms with E-state index >= 15 is 0 Å². The summed E-state index contributed by atoms with van der Waals surface area (Å²) in [6.07, 6.45) is 0.290. The number of ether oxygens (including phenoxy) is 5. The number of Topliss-reactive ketones (excluding diaryl/α,β-unsaturated/α-hetero) is 3. The molecule has 8 rings (SSSR count). The summed E-state index contributed by atoms with van der Waals surface area (Å²) in [5, 5.41) is 23.0. The number of ketones is 3. The van der Waals surface area contributed by atoms with Crippen LogP contribution in [-0.4, -0.2) is 130 Å². The minimum Gasteiger partial charge on any atom is -0.507 e. The van der Waals surface area contributed by atoms with Gasteiger partial charge < -0.3 is 43.7 Å². The van der Waals surface area contributed by atoms with E-state index in [9.17, 15) is 24.6 Å². The third kappa shape index (κ3) is 3.90. The predicted octanol–water partition coefficient (Wildman–Crippen LogP) is 2.32. The second-order valence-electron chi connectivity index (χ2n) is 15.8. The first kappa shape index (κ1) is 31.9. The highest BCUT2D eigenvalue weighted by atomic mass is 16.8. The summed E-state index contributed by atoms with van der Waals surface area (Å²) >= 11 is 0. The van der Waals surface area contributed by atoms with Crippen LogP contribution in [0.5, 0.6) is 5.75 Å². The molecule has 12 unspecified atom stereocenters. The van der Waals surface area contributed by atoms with E-state index < -0.39 is 63.9 Å². The Morgan fingerprint density at radius 2 is 1.55 bits per heavy atom. The Morgan fingerprint density at radius 1 is 0.894 bits per heavy atom. The second-order valence-corrected chi connectivity index (χ2v) is 15.8. The van der Waals surface area contributed by atoms with Gasteiger partial charge in [0, 0.05) is 42.5 Å². The third-order valence-electron chi connectivity index (χ3n) is 12.4. The second kappa shape index (κ2) is 9.91. The number of rotatable bonds is 5. The Morgan fingerprint density at radius 3 is 2.19 bits per heavy atom. The number of phenolic OH excluding ortho intramolecular Hbond substituents is 1. The number of aliphatic hydroxyl groups is 1. The summed E-state index contributed by atoms with van der Waals surface area (Å²) in [5.41, 5.74) is -8.17. The fraction of sp³-hybridized carbons (Fsp3) is 0.743. The van der Waals surface area contributed by atoms with Crippen molar-refractivity contribution in [3.63, 3.8) is 0 Å². The molecule has 2 saturated carbocycles. The lowest BCUT2D eigenvalue weighted by Crippen LogP contribution is -2.73. The molecule has 12 nitrogen and oxygen atoms in total. The molecule has 1 aromatic rings. The summed E-state index contributed by atoms with van der Waals surface area (Å²) in [6, 6.07) is 3.57. The van der Waals surface area contributed by atoms with E-state index in [0.29, 0.717) is 18.4 Å². The van der Waals surface area contributed by atoms with Crippen molar-refractivity contribution in [2.75, 3.05) is 28.2 Å². The summed E-state index contributed by atoms with van der Waals surface area (Å²) in [7, 11) is 8.00. The van der Waals surface area contributed by atoms with E-state index in [-0.39, 0.29) is 60.4 Å². The molecular formula is C35H46N2O10. The fourth-order valence-electron chi connectivity index (χ4n) is 10.3. The first-order chi connectivity index (χ1) is 22.1. The fourth-order valence-corrected chi connectivity index (χ4v) is 10.3. The first-order valence-corrected chi connectivity index (χ1v) is 17.0. The highest BCUT2D eigenvalue weighted by molar-refractivity contribution is 6.29. The maximum Gasteiger partial charge on any atom is 0.210 e. The lowest BCUT2D eigenvalue weighted by Gasteiger charge is -2.52. The van der Waals surface area contributed by atoms with Crippen molar-refractivity contribution in [2.24, 2.45) is 0 Å². The number of hydrogen-bond acceptors (Lipinski definition) is 12. The van der Waals surface area contributed by atoms with Crippen LogP contribution in [0.4, 0.5) is 0 Å². The number of nitrogens with zero attached hydrogens (tertiary/aromatic N) is 2. The van der Waals surface area contributed by atoms with Crippen molar-refractivity contribution >= 4 is 17.3 Å². The average molecular weight is 655 g/mol. The van der Waals surface area contributed by atoms with E-state index in [1.165, 1.54) is 0 Å². The van der Waals surface area contributed by atoms with E-state index in [1.54, 1.807) is 19.1 Å². The molecule has 0 aromatic heterocycles. The minimum atomic E-state index is -1.96. The number of aromatic hydroxyl groups is 1. The SMILES string of the molecule is CC1OC(OC23CC4OC45C(=O)c4c(ccc(C6CCC(N(C)C)C(C)O6)c4O)C(=O)C54OC24C(=O)CC(C)(O)C3)CCC1N(C)C. The van der Waals surface area contributed by atoms with E-state index in [0.717, 1.165) is 12.8 Å². The van der Waals surface area contributed by atoms with Gasteiger partial charge in [0.15, 0.2) is 23.3 Å². The third-order valence-corrected chi connectivity index (χ3v) is 12.4. The van der Waals surface area contributed by atoms with Gasteiger partial charge in [0.25, 0.3) is 0 Å². The zero-order valence-corrected chi connectivity index (χ0v) is 28.2. The van der Waals surface area contributed by atoms with Gasteiger partial charge in [0.05, 0.1) is 29.5 Å². The van der Waals surface area contributed by atoms with Crippen LogP contribution in [0, 0.1) is 0 Å². The van der Waals surface area contributed by atoms with Crippen LogP contribution in [0.25, 0.3) is 0 Å². The molecule has 4 heterocycles. The molecule has 0 radical (unpaired) electrons. The molecule has 0 amide bonds. The molecule has 3 aliphatic carbocycles. The van der Waals surface area contributed by atoms with Gasteiger partial charge in [-0.25, -0.2) is 0 Å². The lowest BCUT2D eigenvalue weighted by atomic mass is 9.52. The van der Waals surface area contributed by atoms with Crippen molar-refractivity contribution in [1.29, 1.82) is 0 Å². The van der Waals surface area contributed by atoms with Gasteiger partial charge in [-0.15, -0.1) is 0 Å². The molecule has 0 bridgehead atoms. The summed E-state index contributed by atoms with van der Waals surface area (Å²) in [5.74, 6) is -1.95. The summed E-state index contributed by atoms with van der Waals surface area (Å²) in [6.45, 7) is 5.55. The summed E-state index contributed by atoms with van der Waals surface area (Å²) < 4.78 is 32.1. The quantitative estimate of drug-likeness (QED) is 0.449. The Kier molecular flexibility index (Phi) is 6.73. The Hall–Kier alpha value is -2.29. The molecule has 256 valence electrons. The first-order valence-electron chi connectivity index (χ1n) is 17.0. The number of likely N-dealkylation sites (N-methyl/N-ethyl adjacent to an activating group) is 2. The van der Waals surface area contributed by atoms with E-state index in [2.05, 4.69) is 9.80 Å². The molecule has 12 heteroatoms. The number of phenols is 1. The van der Waals surface area contributed by atoms with Crippen molar-refractivity contribution in [3.8, 4) is 5.75 Å². The van der Waals surface area contributed by atoms with Crippen molar-refractivity contribution in [2.45, 2.75) is 137 Å². The molecule has 2 N–H and O–H groups in total. The van der Waals surface area contributed by atoms with Gasteiger partial charge in [-0.1, -0.05) is 6.07 Å². The van der Waals surface area contributed by atoms with Crippen molar-refractivity contribution in [3.05, 3.63) is 28.8 Å². The van der Waals surface area contributed by atoms with Crippen LogP contribution in [-0.2, 0) is 28.5 Å². The van der Waals surface area contributed by atoms with Gasteiger partial charge >= 0.3 is 0 Å². The minimum absolute atomic E-state index is 0.00155. The number of carbonyl (C=O) groups is 3. The van der Waals surface area contributed by atoms with Crippen LogP contribution in [0.2, 0.25) is 0 Å². The molecular weight excluding hydrogens is 608 g/mol. The smallest absolute Gasteiger partial charge is 0.210 e. The van der Waals surface area contributed by atoms with Gasteiger partial charge in [-0.2, -0.15) is 0 Å². The van der Waals surface area contributed by atoms with Gasteiger partial charge in [0.1, 0.15) is 17.5 Å². The van der Waals surface area contributed by atoms with Crippen LogP contribution in [0.3, 0.4) is 0 Å². The highest BCUT2D eigenvalue weighted by Gasteiger charge is 3.03. The molecule has 4 saturated heterocycles. The maximum atomic E-state index is 14.8. The Bertz CT molecular complexity index is 1580. The maximum absolute atomic E-state index is 14.8. The van der Waals surface area contributed by atoms with Crippen LogP contribution in [0.1, 0.15) is 98.1 Å². The number of hydrogen-bond donors (Lipinski definition) is 2. The molecule has 7 aliphatic rings. The average Bonchev–Trinajstić information content (AvgIpc) is 3.87. The molecule has 6 fully saturated rings.